The van der Waals surface area contributed by atoms with E-state index in [0.29, 0.717) is 35.6 Å². The van der Waals surface area contributed by atoms with Crippen molar-refractivity contribution < 1.29 is 18.8 Å². The minimum atomic E-state index is -0.437. The summed E-state index contributed by atoms with van der Waals surface area (Å²) in [5.74, 6) is 1.52. The number of anilines is 2. The largest absolute Gasteiger partial charge is 0.497 e. The van der Waals surface area contributed by atoms with Gasteiger partial charge >= 0.3 is 0 Å². The number of hydrogen-bond donors (Lipinski definition) is 1. The topological polar surface area (TPSA) is 97.6 Å². The highest BCUT2D eigenvalue weighted by molar-refractivity contribution is 6.03. The van der Waals surface area contributed by atoms with Crippen molar-refractivity contribution in [2.45, 2.75) is 31.6 Å². The fourth-order valence-corrected chi connectivity index (χ4v) is 4.06. The van der Waals surface area contributed by atoms with Crippen molar-refractivity contribution in [2.75, 3.05) is 23.9 Å². The first-order valence-corrected chi connectivity index (χ1v) is 10.8. The average molecular weight is 432 g/mol. The summed E-state index contributed by atoms with van der Waals surface area (Å²) in [5, 5.41) is 7.00. The van der Waals surface area contributed by atoms with E-state index in [1.165, 1.54) is 6.42 Å². The number of aromatic nitrogens is 2. The summed E-state index contributed by atoms with van der Waals surface area (Å²) >= 11 is 0. The summed E-state index contributed by atoms with van der Waals surface area (Å²) in [5.41, 5.74) is 2.15. The fourth-order valence-electron chi connectivity index (χ4n) is 4.06. The zero-order chi connectivity index (χ0) is 22.1. The molecule has 0 bridgehead atoms. The molecule has 8 nitrogen and oxygen atoms in total. The number of hydrogen-bond acceptors (Lipinski definition) is 6. The Labute approximate surface area is 185 Å². The van der Waals surface area contributed by atoms with Gasteiger partial charge in [-0.25, -0.2) is 0 Å². The molecule has 0 spiro atoms. The zero-order valence-corrected chi connectivity index (χ0v) is 17.8. The fraction of sp³-hybridized carbons (Fsp3) is 0.333. The zero-order valence-electron chi connectivity index (χ0n) is 17.8. The van der Waals surface area contributed by atoms with E-state index in [2.05, 4.69) is 15.5 Å². The molecule has 2 fully saturated rings. The maximum absolute atomic E-state index is 12.8. The normalized spacial score (nSPS) is 18.5. The number of nitrogens with one attached hydrogen (secondary N) is 1. The van der Waals surface area contributed by atoms with Crippen molar-refractivity contribution in [3.05, 3.63) is 54.4 Å². The molecule has 2 amide bonds. The Bertz CT molecular complexity index is 1150. The summed E-state index contributed by atoms with van der Waals surface area (Å²) in [6.45, 7) is 0.317. The first-order valence-electron chi connectivity index (χ1n) is 10.8. The van der Waals surface area contributed by atoms with Crippen LogP contribution in [0.5, 0.6) is 5.75 Å². The molecule has 8 heteroatoms. The second-order valence-electron chi connectivity index (χ2n) is 8.26. The van der Waals surface area contributed by atoms with Crippen LogP contribution in [-0.2, 0) is 9.59 Å². The van der Waals surface area contributed by atoms with Gasteiger partial charge in [-0.05, 0) is 37.1 Å². The van der Waals surface area contributed by atoms with Crippen molar-refractivity contribution in [1.29, 1.82) is 0 Å². The lowest BCUT2D eigenvalue weighted by molar-refractivity contribution is -0.122. The van der Waals surface area contributed by atoms with Crippen LogP contribution in [0.1, 0.15) is 37.5 Å². The first kappa shape index (κ1) is 20.2. The first-order chi connectivity index (χ1) is 15.6. The van der Waals surface area contributed by atoms with Crippen molar-refractivity contribution in [3.8, 4) is 17.1 Å². The van der Waals surface area contributed by atoms with Crippen LogP contribution < -0.4 is 15.0 Å². The van der Waals surface area contributed by atoms with Gasteiger partial charge in [-0.3, -0.25) is 9.59 Å². The van der Waals surface area contributed by atoms with Crippen LogP contribution in [0.15, 0.2) is 53.1 Å². The van der Waals surface area contributed by atoms with Gasteiger partial charge in [0, 0.05) is 41.9 Å². The Hall–Kier alpha value is -3.68. The van der Waals surface area contributed by atoms with Gasteiger partial charge in [0.1, 0.15) is 5.75 Å². The lowest BCUT2D eigenvalue weighted by Gasteiger charge is -2.20. The second kappa shape index (κ2) is 8.45. The van der Waals surface area contributed by atoms with Gasteiger partial charge in [0.2, 0.25) is 23.5 Å². The number of benzene rings is 2. The number of methoxy groups -OCH3 is 1. The summed E-state index contributed by atoms with van der Waals surface area (Å²) < 4.78 is 10.6. The average Bonchev–Trinajstić information content (AvgIpc) is 3.40. The highest BCUT2D eigenvalue weighted by atomic mass is 16.5. The molecule has 0 unspecified atom stereocenters. The molecule has 1 saturated carbocycles. The SMILES string of the molecule is COc1cccc(NC(=O)[C@@H]2CC(=O)N(c3cccc(-c4noc(C5CCC5)n4)c3)C2)c1. The highest BCUT2D eigenvalue weighted by Gasteiger charge is 2.35. The molecule has 5 rings (SSSR count). The molecule has 2 aliphatic rings. The van der Waals surface area contributed by atoms with Gasteiger partial charge in [0.15, 0.2) is 0 Å². The predicted octanol–water partition coefficient (Wildman–Crippen LogP) is 4.00. The third-order valence-corrected chi connectivity index (χ3v) is 6.15. The van der Waals surface area contributed by atoms with Crippen LogP contribution >= 0.6 is 0 Å². The molecule has 1 N–H and O–H groups in total. The van der Waals surface area contributed by atoms with Gasteiger partial charge in [-0.1, -0.05) is 29.8 Å². The van der Waals surface area contributed by atoms with E-state index in [1.807, 2.05) is 30.3 Å². The third-order valence-electron chi connectivity index (χ3n) is 6.15. The molecule has 1 atom stereocenters. The molecule has 2 heterocycles. The molecule has 3 aromatic rings. The highest BCUT2D eigenvalue weighted by Crippen LogP contribution is 2.36. The number of carbonyl (C=O) groups excluding carboxylic acids is 2. The van der Waals surface area contributed by atoms with Gasteiger partial charge in [0.05, 0.1) is 13.0 Å². The molecule has 1 saturated heterocycles. The molecule has 1 aliphatic heterocycles. The number of ether oxygens (including phenoxy) is 1. The molecule has 1 aliphatic carbocycles. The number of rotatable bonds is 6. The standard InChI is InChI=1S/C24H24N4O4/c1-31-20-10-4-8-18(13-20)25-23(30)17-12-21(29)28(14-17)19-9-3-7-16(11-19)22-26-24(32-27-22)15-5-2-6-15/h3-4,7-11,13,15,17H,2,5-6,12,14H2,1H3,(H,25,30)/t17-/m1/s1. The molecule has 0 radical (unpaired) electrons. The molecule has 32 heavy (non-hydrogen) atoms. The summed E-state index contributed by atoms with van der Waals surface area (Å²) in [6.07, 6.45) is 3.53. The monoisotopic (exact) mass is 432 g/mol. The predicted molar refractivity (Wildman–Crippen MR) is 118 cm³/mol. The van der Waals surface area contributed by atoms with E-state index in [-0.39, 0.29) is 18.2 Å². The van der Waals surface area contributed by atoms with Gasteiger partial charge in [0.25, 0.3) is 0 Å². The maximum Gasteiger partial charge on any atom is 0.230 e. The lowest BCUT2D eigenvalue weighted by atomic mass is 9.85. The number of carbonyl (C=O) groups is 2. The Morgan fingerprint density at radius 3 is 2.81 bits per heavy atom. The quantitative estimate of drug-likeness (QED) is 0.632. The maximum atomic E-state index is 12.8. The molecule has 164 valence electrons. The Balaban J connectivity index is 1.29. The van der Waals surface area contributed by atoms with Gasteiger partial charge < -0.3 is 19.5 Å². The van der Waals surface area contributed by atoms with E-state index < -0.39 is 5.92 Å². The van der Waals surface area contributed by atoms with Crippen LogP contribution in [0.4, 0.5) is 11.4 Å². The van der Waals surface area contributed by atoms with Crippen molar-refractivity contribution in [2.24, 2.45) is 5.92 Å². The molecular weight excluding hydrogens is 408 g/mol. The van der Waals surface area contributed by atoms with Crippen LogP contribution in [-0.4, -0.2) is 35.6 Å². The van der Waals surface area contributed by atoms with Crippen LogP contribution in [0.2, 0.25) is 0 Å². The lowest BCUT2D eigenvalue weighted by Crippen LogP contribution is -2.28. The Morgan fingerprint density at radius 2 is 2.03 bits per heavy atom. The molecule has 1 aromatic heterocycles. The van der Waals surface area contributed by atoms with E-state index in [1.54, 1.807) is 30.2 Å². The summed E-state index contributed by atoms with van der Waals surface area (Å²) in [6, 6.07) is 14.6. The summed E-state index contributed by atoms with van der Waals surface area (Å²) in [4.78, 5) is 31.7. The summed E-state index contributed by atoms with van der Waals surface area (Å²) in [7, 11) is 1.57. The van der Waals surface area contributed by atoms with Crippen LogP contribution in [0.25, 0.3) is 11.4 Å². The minimum absolute atomic E-state index is 0.0868. The smallest absolute Gasteiger partial charge is 0.230 e. The minimum Gasteiger partial charge on any atom is -0.497 e. The van der Waals surface area contributed by atoms with Crippen molar-refractivity contribution >= 4 is 23.2 Å². The van der Waals surface area contributed by atoms with Crippen LogP contribution in [0.3, 0.4) is 0 Å². The van der Waals surface area contributed by atoms with Gasteiger partial charge in [-0.15, -0.1) is 0 Å². The van der Waals surface area contributed by atoms with Crippen LogP contribution in [0, 0.1) is 5.92 Å². The third kappa shape index (κ3) is 3.95. The second-order valence-corrected chi connectivity index (χ2v) is 8.26. The van der Waals surface area contributed by atoms with Crippen molar-refractivity contribution in [1.82, 2.24) is 10.1 Å². The Morgan fingerprint density at radius 1 is 1.19 bits per heavy atom. The number of nitrogens with zero attached hydrogens (tertiary/aromatic N) is 3. The van der Waals surface area contributed by atoms with Gasteiger partial charge in [-0.2, -0.15) is 4.98 Å². The Kier molecular flexibility index (Phi) is 5.34. The van der Waals surface area contributed by atoms with E-state index in [9.17, 15) is 9.59 Å². The number of amides is 2. The molecular formula is C24H24N4O4. The van der Waals surface area contributed by atoms with E-state index >= 15 is 0 Å². The van der Waals surface area contributed by atoms with E-state index in [0.717, 1.165) is 24.1 Å². The van der Waals surface area contributed by atoms with Crippen molar-refractivity contribution in [3.63, 3.8) is 0 Å². The molecule has 2 aromatic carbocycles. The van der Waals surface area contributed by atoms with E-state index in [4.69, 9.17) is 9.26 Å².